The smallest absolute Gasteiger partial charge is 0.244 e. The van der Waals surface area contributed by atoms with E-state index in [0.29, 0.717) is 5.95 Å². The van der Waals surface area contributed by atoms with Gasteiger partial charge >= 0.3 is 0 Å². The summed E-state index contributed by atoms with van der Waals surface area (Å²) >= 11 is 0. The van der Waals surface area contributed by atoms with Gasteiger partial charge in [-0.1, -0.05) is 31.0 Å². The van der Waals surface area contributed by atoms with Gasteiger partial charge in [-0.25, -0.2) is 0 Å². The molecule has 6 nitrogen and oxygen atoms in total. The number of hydrogen-bond acceptors (Lipinski definition) is 5. The first-order chi connectivity index (χ1) is 12.4. The maximum atomic E-state index is 4.65. The molecule has 0 atom stereocenters. The Morgan fingerprint density at radius 2 is 1.92 bits per heavy atom. The molecule has 0 amide bonds. The third-order valence-electron chi connectivity index (χ3n) is 4.83. The van der Waals surface area contributed by atoms with Crippen molar-refractivity contribution < 1.29 is 0 Å². The first-order valence-electron chi connectivity index (χ1n) is 9.14. The normalized spacial score (nSPS) is 15.3. The van der Waals surface area contributed by atoms with Gasteiger partial charge in [-0.2, -0.15) is 10.1 Å². The number of aromatic amines is 1. The van der Waals surface area contributed by atoms with Crippen LogP contribution >= 0.6 is 0 Å². The average molecular weight is 336 g/mol. The Kier molecular flexibility index (Phi) is 4.77. The minimum atomic E-state index is 0.613. The van der Waals surface area contributed by atoms with Gasteiger partial charge in [-0.05, 0) is 30.9 Å². The highest BCUT2D eigenvalue weighted by molar-refractivity contribution is 5.83. The second-order valence-corrected chi connectivity index (χ2v) is 6.58. The molecule has 130 valence electrons. The number of rotatable bonds is 5. The van der Waals surface area contributed by atoms with Gasteiger partial charge in [0.05, 0.1) is 6.20 Å². The van der Waals surface area contributed by atoms with E-state index in [1.807, 2.05) is 0 Å². The summed E-state index contributed by atoms with van der Waals surface area (Å²) in [5, 5.41) is 12.9. The number of hydrogen-bond donors (Lipinski definition) is 2. The van der Waals surface area contributed by atoms with Gasteiger partial charge in [-0.3, -0.25) is 0 Å². The highest BCUT2D eigenvalue weighted by atomic mass is 15.3. The fourth-order valence-electron chi connectivity index (χ4n) is 3.47. The van der Waals surface area contributed by atoms with Crippen molar-refractivity contribution in [1.29, 1.82) is 0 Å². The first-order valence-corrected chi connectivity index (χ1v) is 9.14. The van der Waals surface area contributed by atoms with E-state index in [9.17, 15) is 0 Å². The highest BCUT2D eigenvalue weighted by Crippen LogP contribution is 2.19. The lowest BCUT2D eigenvalue weighted by atomic mass is 10.1. The molecule has 0 radical (unpaired) electrons. The van der Waals surface area contributed by atoms with Crippen LogP contribution in [0.4, 0.5) is 11.8 Å². The Balaban J connectivity index is 1.38. The van der Waals surface area contributed by atoms with E-state index in [1.165, 1.54) is 42.1 Å². The lowest BCUT2D eigenvalue weighted by Gasteiger charge is -2.20. The number of fused-ring (bicyclic) bond motifs is 1. The van der Waals surface area contributed by atoms with Gasteiger partial charge < -0.3 is 15.2 Å². The molecule has 1 saturated heterocycles. The van der Waals surface area contributed by atoms with E-state index in [1.54, 1.807) is 6.20 Å². The molecule has 1 aliphatic heterocycles. The number of anilines is 2. The van der Waals surface area contributed by atoms with E-state index in [4.69, 9.17) is 0 Å². The van der Waals surface area contributed by atoms with Crippen LogP contribution in [-0.2, 0) is 6.42 Å². The molecule has 3 aromatic rings. The van der Waals surface area contributed by atoms with Gasteiger partial charge in [0.2, 0.25) is 5.95 Å². The predicted molar refractivity (Wildman–Crippen MR) is 101 cm³/mol. The standard InChI is InChI=1S/C19H24N6/c1-2-6-12-25(11-5-1)18-14-22-24-19(23-18)20-10-9-15-13-21-17-8-4-3-7-16(15)17/h3-4,7-8,13-14,21H,1-2,5-6,9-12H2,(H,20,23,24). The van der Waals surface area contributed by atoms with Crippen molar-refractivity contribution in [2.75, 3.05) is 29.9 Å². The van der Waals surface area contributed by atoms with E-state index in [-0.39, 0.29) is 0 Å². The van der Waals surface area contributed by atoms with Crippen LogP contribution < -0.4 is 10.2 Å². The van der Waals surface area contributed by atoms with Crippen molar-refractivity contribution in [3.63, 3.8) is 0 Å². The van der Waals surface area contributed by atoms with Crippen molar-refractivity contribution in [3.05, 3.63) is 42.2 Å². The van der Waals surface area contributed by atoms with Crippen LogP contribution in [0.1, 0.15) is 31.2 Å². The van der Waals surface area contributed by atoms with Gasteiger partial charge in [-0.15, -0.1) is 5.10 Å². The fraction of sp³-hybridized carbons (Fsp3) is 0.421. The van der Waals surface area contributed by atoms with Gasteiger partial charge in [0.1, 0.15) is 0 Å². The minimum absolute atomic E-state index is 0.613. The molecule has 4 rings (SSSR count). The van der Waals surface area contributed by atoms with Crippen LogP contribution in [0, 0.1) is 0 Å². The minimum Gasteiger partial charge on any atom is -0.361 e. The summed E-state index contributed by atoms with van der Waals surface area (Å²) in [6.45, 7) is 2.91. The largest absolute Gasteiger partial charge is 0.361 e. The van der Waals surface area contributed by atoms with Gasteiger partial charge in [0, 0.05) is 36.7 Å². The van der Waals surface area contributed by atoms with E-state index >= 15 is 0 Å². The molecule has 1 fully saturated rings. The molecule has 6 heteroatoms. The molecule has 2 N–H and O–H groups in total. The highest BCUT2D eigenvalue weighted by Gasteiger charge is 2.12. The topological polar surface area (TPSA) is 69.7 Å². The number of H-pyrrole nitrogens is 1. The third kappa shape index (κ3) is 3.73. The van der Waals surface area contributed by atoms with Crippen LogP contribution in [-0.4, -0.2) is 39.8 Å². The zero-order chi connectivity index (χ0) is 16.9. The summed E-state index contributed by atoms with van der Waals surface area (Å²) in [6.07, 6.45) is 9.85. The van der Waals surface area contributed by atoms with Crippen LogP contribution in [0.3, 0.4) is 0 Å². The molecule has 0 bridgehead atoms. The molecule has 0 aliphatic carbocycles. The molecular weight excluding hydrogens is 312 g/mol. The second kappa shape index (κ2) is 7.51. The zero-order valence-corrected chi connectivity index (χ0v) is 14.4. The second-order valence-electron chi connectivity index (χ2n) is 6.58. The summed E-state index contributed by atoms with van der Waals surface area (Å²) in [4.78, 5) is 10.3. The molecule has 1 aromatic carbocycles. The summed E-state index contributed by atoms with van der Waals surface area (Å²) in [5.41, 5.74) is 2.48. The van der Waals surface area contributed by atoms with Crippen molar-refractivity contribution in [3.8, 4) is 0 Å². The molecule has 0 unspecified atom stereocenters. The first kappa shape index (κ1) is 15.9. The lowest BCUT2D eigenvalue weighted by molar-refractivity contribution is 0.726. The van der Waals surface area contributed by atoms with Crippen molar-refractivity contribution in [2.24, 2.45) is 0 Å². The zero-order valence-electron chi connectivity index (χ0n) is 14.4. The van der Waals surface area contributed by atoms with E-state index in [2.05, 4.69) is 60.8 Å². The summed E-state index contributed by atoms with van der Waals surface area (Å²) in [7, 11) is 0. The molecule has 0 saturated carbocycles. The number of aromatic nitrogens is 4. The lowest BCUT2D eigenvalue weighted by Crippen LogP contribution is -2.25. The molecule has 25 heavy (non-hydrogen) atoms. The Morgan fingerprint density at radius 1 is 1.08 bits per heavy atom. The summed E-state index contributed by atoms with van der Waals surface area (Å²) < 4.78 is 0. The monoisotopic (exact) mass is 336 g/mol. The Hall–Kier alpha value is -2.63. The summed E-state index contributed by atoms with van der Waals surface area (Å²) in [6, 6.07) is 8.38. The van der Waals surface area contributed by atoms with Crippen molar-refractivity contribution in [2.45, 2.75) is 32.1 Å². The number of para-hydroxylation sites is 1. The van der Waals surface area contributed by atoms with Crippen molar-refractivity contribution in [1.82, 2.24) is 20.2 Å². The quantitative estimate of drug-likeness (QED) is 0.747. The third-order valence-corrected chi connectivity index (χ3v) is 4.83. The SMILES string of the molecule is c1ccc2c(CCNc3nncc(N4CCCCCC4)n3)c[nH]c2c1. The van der Waals surface area contributed by atoms with Gasteiger partial charge in [0.15, 0.2) is 5.82 Å². The van der Waals surface area contributed by atoms with Crippen LogP contribution in [0.15, 0.2) is 36.7 Å². The van der Waals surface area contributed by atoms with E-state index < -0.39 is 0 Å². The summed E-state index contributed by atoms with van der Waals surface area (Å²) in [5.74, 6) is 1.55. The van der Waals surface area contributed by atoms with E-state index in [0.717, 1.165) is 31.9 Å². The number of nitrogens with one attached hydrogen (secondary N) is 2. The molecule has 2 aromatic heterocycles. The molecule has 3 heterocycles. The molecule has 0 spiro atoms. The average Bonchev–Trinajstić information content (AvgIpc) is 2.88. The Labute approximate surface area is 147 Å². The Bertz CT molecular complexity index is 819. The van der Waals surface area contributed by atoms with Crippen LogP contribution in [0.5, 0.6) is 0 Å². The van der Waals surface area contributed by atoms with Gasteiger partial charge in [0.25, 0.3) is 0 Å². The van der Waals surface area contributed by atoms with Crippen LogP contribution in [0.25, 0.3) is 10.9 Å². The Morgan fingerprint density at radius 3 is 2.80 bits per heavy atom. The van der Waals surface area contributed by atoms with Crippen molar-refractivity contribution >= 4 is 22.7 Å². The molecular formula is C19H24N6. The number of benzene rings is 1. The predicted octanol–water partition coefficient (Wildman–Crippen LogP) is 3.39. The van der Waals surface area contributed by atoms with Crippen LogP contribution in [0.2, 0.25) is 0 Å². The maximum absolute atomic E-state index is 4.65. The fourth-order valence-corrected chi connectivity index (χ4v) is 3.47. The molecule has 1 aliphatic rings. The number of nitrogens with zero attached hydrogens (tertiary/aromatic N) is 4. The maximum Gasteiger partial charge on any atom is 0.244 e.